The molecule has 14 heteroatoms. The first-order chi connectivity index (χ1) is 26.0. The molecule has 0 saturated carbocycles. The van der Waals surface area contributed by atoms with E-state index in [0.717, 1.165) is 31.8 Å². The van der Waals surface area contributed by atoms with Gasteiger partial charge in [0, 0.05) is 31.8 Å². The largest absolute Gasteiger partial charge is 0.307 e. The molecule has 0 N–H and O–H groups in total. The SMILES string of the molecule is ClC(Cl)(Cl)C1=NC(C(Cl)(Cl)Cl)=NP(N=P(c2ccccc2)(c2ccccc2)c2ccccc2)(N=P(c2ccccc2)(c2ccccc2)c2ccccc2)=N1. The molecule has 0 atom stereocenters. The number of benzene rings is 6. The maximum Gasteiger partial charge on any atom is 0.307 e. The van der Waals surface area contributed by atoms with Gasteiger partial charge in [-0.25, -0.2) is 14.0 Å². The molecular weight excluding hydrogens is 856 g/mol. The first kappa shape index (κ1) is 39.3. The molecule has 7 rings (SSSR count). The van der Waals surface area contributed by atoms with Crippen LogP contribution in [0.25, 0.3) is 0 Å². The number of halogens is 6. The fourth-order valence-corrected chi connectivity index (χ4v) is 19.9. The minimum Gasteiger partial charge on any atom is -0.210 e. The minimum atomic E-state index is -4.01. The summed E-state index contributed by atoms with van der Waals surface area (Å²) in [5.41, 5.74) is 0. The summed E-state index contributed by atoms with van der Waals surface area (Å²) in [6, 6.07) is 60.5. The summed E-state index contributed by atoms with van der Waals surface area (Å²) in [6.07, 6.45) is 0. The highest BCUT2D eigenvalue weighted by Gasteiger charge is 2.44. The van der Waals surface area contributed by atoms with Crippen LogP contribution in [0, 0.1) is 0 Å². The Morgan fingerprint density at radius 2 is 0.611 bits per heavy atom. The van der Waals surface area contributed by atoms with Crippen molar-refractivity contribution in [1.82, 2.24) is 0 Å². The maximum atomic E-state index is 6.67. The Morgan fingerprint density at radius 1 is 0.370 bits per heavy atom. The zero-order valence-electron chi connectivity index (χ0n) is 28.2. The van der Waals surface area contributed by atoms with E-state index in [1.54, 1.807) is 0 Å². The highest BCUT2D eigenvalue weighted by Crippen LogP contribution is 2.71. The Balaban J connectivity index is 1.82. The van der Waals surface area contributed by atoms with E-state index in [2.05, 4.69) is 77.8 Å². The molecule has 0 aromatic heterocycles. The third kappa shape index (κ3) is 8.00. The van der Waals surface area contributed by atoms with Crippen LogP contribution in [0.15, 0.2) is 206 Å². The summed E-state index contributed by atoms with van der Waals surface area (Å²) in [5.74, 6) is -0.464. The van der Waals surface area contributed by atoms with Gasteiger partial charge in [0.2, 0.25) is 7.59 Å². The second-order valence-corrected chi connectivity index (χ2v) is 25.1. The van der Waals surface area contributed by atoms with Crippen LogP contribution in [0.3, 0.4) is 0 Å². The van der Waals surface area contributed by atoms with E-state index in [-0.39, 0.29) is 11.7 Å². The molecule has 54 heavy (non-hydrogen) atoms. The van der Waals surface area contributed by atoms with Gasteiger partial charge >= 0.3 is 7.51 Å². The van der Waals surface area contributed by atoms with E-state index in [4.69, 9.17) is 88.1 Å². The van der Waals surface area contributed by atoms with Gasteiger partial charge in [-0.1, -0.05) is 252 Å². The lowest BCUT2D eigenvalue weighted by Gasteiger charge is -2.33. The van der Waals surface area contributed by atoms with E-state index in [9.17, 15) is 0 Å². The highest BCUT2D eigenvalue weighted by molar-refractivity contribution is 7.94. The van der Waals surface area contributed by atoms with E-state index >= 15 is 0 Å². The van der Waals surface area contributed by atoms with Crippen LogP contribution in [0.4, 0.5) is 0 Å². The molecule has 0 amide bonds. The van der Waals surface area contributed by atoms with Crippen LogP contribution in [0.2, 0.25) is 0 Å². The van der Waals surface area contributed by atoms with Crippen molar-refractivity contribution in [2.75, 3.05) is 0 Å². The highest BCUT2D eigenvalue weighted by atomic mass is 35.6. The Labute approximate surface area is 345 Å². The number of nitrogens with zero attached hydrogens (tertiary/aromatic N) is 5. The number of amidine groups is 2. The molecule has 1 heterocycles. The summed E-state index contributed by atoms with van der Waals surface area (Å²) in [6.45, 7) is 0. The first-order valence-corrected chi connectivity index (χ1v) is 23.9. The fourth-order valence-electron chi connectivity index (χ4n) is 6.19. The van der Waals surface area contributed by atoms with Gasteiger partial charge in [0.1, 0.15) is 0 Å². The number of rotatable bonds is 8. The molecule has 0 bridgehead atoms. The number of aliphatic imine (C=N–C) groups is 1. The van der Waals surface area contributed by atoms with Crippen LogP contribution in [-0.2, 0) is 0 Å². The summed E-state index contributed by atoms with van der Waals surface area (Å²) in [7, 11) is -10.2. The van der Waals surface area contributed by atoms with Crippen LogP contribution in [0.1, 0.15) is 0 Å². The van der Waals surface area contributed by atoms with E-state index in [1.807, 2.05) is 109 Å². The molecule has 6 aromatic carbocycles. The lowest BCUT2D eigenvalue weighted by molar-refractivity contribution is 1.32. The summed E-state index contributed by atoms with van der Waals surface area (Å²) >= 11 is 40.0. The smallest absolute Gasteiger partial charge is 0.210 e. The van der Waals surface area contributed by atoms with E-state index in [1.165, 1.54) is 0 Å². The van der Waals surface area contributed by atoms with Crippen molar-refractivity contribution in [1.29, 1.82) is 0 Å². The summed E-state index contributed by atoms with van der Waals surface area (Å²) < 4.78 is 18.1. The third-order valence-corrected chi connectivity index (χ3v) is 20.7. The Morgan fingerprint density at radius 3 is 0.833 bits per heavy atom. The average Bonchev–Trinajstić information content (AvgIpc) is 3.20. The van der Waals surface area contributed by atoms with Gasteiger partial charge in [-0.05, 0) is 0 Å². The fraction of sp³-hybridized carbons (Fsp3) is 0.0500. The summed E-state index contributed by atoms with van der Waals surface area (Å²) in [5, 5.41) is 5.58. The third-order valence-electron chi connectivity index (χ3n) is 8.46. The molecule has 0 unspecified atom stereocenters. The predicted molar refractivity (Wildman–Crippen MR) is 240 cm³/mol. The second-order valence-electron chi connectivity index (χ2n) is 12.0. The second kappa shape index (κ2) is 16.3. The number of alkyl halides is 6. The zero-order chi connectivity index (χ0) is 37.9. The normalized spacial score (nSPS) is 14.6. The van der Waals surface area contributed by atoms with Gasteiger partial charge in [0.15, 0.2) is 11.7 Å². The zero-order valence-corrected chi connectivity index (χ0v) is 35.4. The van der Waals surface area contributed by atoms with Crippen LogP contribution in [-0.4, -0.2) is 19.3 Å². The number of hydrogen-bond donors (Lipinski definition) is 0. The molecule has 0 radical (unpaired) electrons. The van der Waals surface area contributed by atoms with Crippen LogP contribution in [0.5, 0.6) is 0 Å². The standard InChI is InChI=1S/C40H30Cl6N5P3/c41-39(42,43)37-47-38(40(44,45)46)49-54(48-37,50-52(31-19-7-1-8-20-31,32-21-9-2-10-22-32)33-23-11-3-12-24-33)51-53(34-25-13-4-14-26-34,35-27-15-5-16-28-35)36-29-17-6-18-30-36/h1-30H. The van der Waals surface area contributed by atoms with Crippen molar-refractivity contribution in [3.63, 3.8) is 0 Å². The Kier molecular flexibility index (Phi) is 11.9. The first-order valence-electron chi connectivity index (χ1n) is 16.5. The molecule has 5 nitrogen and oxygen atoms in total. The maximum absolute atomic E-state index is 6.67. The monoisotopic (exact) mass is 883 g/mol. The molecular formula is C40H30Cl6N5P3. The molecule has 0 fully saturated rings. The van der Waals surface area contributed by atoms with Gasteiger partial charge < -0.3 is 0 Å². The van der Waals surface area contributed by atoms with E-state index < -0.39 is 29.2 Å². The van der Waals surface area contributed by atoms with Crippen molar-refractivity contribution in [3.8, 4) is 0 Å². The molecule has 0 aliphatic carbocycles. The van der Waals surface area contributed by atoms with Crippen LogP contribution < -0.4 is 31.8 Å². The Hall–Kier alpha value is -2.91. The van der Waals surface area contributed by atoms with Crippen molar-refractivity contribution in [2.45, 2.75) is 7.59 Å². The molecule has 1 aliphatic heterocycles. The molecule has 272 valence electrons. The van der Waals surface area contributed by atoms with Crippen molar-refractivity contribution >= 4 is 135 Å². The van der Waals surface area contributed by atoms with Gasteiger partial charge in [-0.3, -0.25) is 0 Å². The molecule has 0 saturated heterocycles. The lowest BCUT2D eigenvalue weighted by Crippen LogP contribution is -2.28. The van der Waals surface area contributed by atoms with E-state index in [0.29, 0.717) is 0 Å². The van der Waals surface area contributed by atoms with Crippen molar-refractivity contribution < 1.29 is 0 Å². The molecule has 1 aliphatic rings. The minimum absolute atomic E-state index is 0.232. The van der Waals surface area contributed by atoms with Gasteiger partial charge in [-0.15, -0.1) is 0 Å². The van der Waals surface area contributed by atoms with Gasteiger partial charge in [0.25, 0.3) is 0 Å². The average molecular weight is 886 g/mol. The topological polar surface area (TPSA) is 61.8 Å². The lowest BCUT2D eigenvalue weighted by atomic mass is 10.4. The molecule has 0 spiro atoms. The van der Waals surface area contributed by atoms with Crippen LogP contribution >= 0.6 is 91.2 Å². The molecule has 6 aromatic rings. The number of hydrogen-bond acceptors (Lipinski definition) is 5. The van der Waals surface area contributed by atoms with Crippen molar-refractivity contribution in [2.24, 2.45) is 23.5 Å². The summed E-state index contributed by atoms with van der Waals surface area (Å²) in [4.78, 5) is 4.46. The predicted octanol–water partition coefficient (Wildman–Crippen LogP) is 11.8. The Bertz CT molecular complexity index is 2110. The van der Waals surface area contributed by atoms with Gasteiger partial charge in [0.05, 0.1) is 14.1 Å². The van der Waals surface area contributed by atoms with Crippen molar-refractivity contribution in [3.05, 3.63) is 182 Å². The quantitative estimate of drug-likeness (QED) is 0.108. The van der Waals surface area contributed by atoms with Gasteiger partial charge in [-0.2, -0.15) is 9.51 Å².